The van der Waals surface area contributed by atoms with Crippen LogP contribution in [0.2, 0.25) is 0 Å². The lowest BCUT2D eigenvalue weighted by atomic mass is 9.80. The zero-order valence-electron chi connectivity index (χ0n) is 21.5. The highest BCUT2D eigenvalue weighted by molar-refractivity contribution is 5.46. The molecule has 2 atom stereocenters. The molecule has 0 bridgehead atoms. The lowest BCUT2D eigenvalue weighted by Crippen LogP contribution is -2.48. The van der Waals surface area contributed by atoms with Crippen LogP contribution in [-0.2, 0) is 12.3 Å². The highest BCUT2D eigenvalue weighted by atomic mass is 19.3. The fourth-order valence-corrected chi connectivity index (χ4v) is 5.07. The van der Waals surface area contributed by atoms with Crippen LogP contribution in [-0.4, -0.2) is 29.2 Å². The Bertz CT molecular complexity index is 1290. The van der Waals surface area contributed by atoms with Gasteiger partial charge in [-0.05, 0) is 54.7 Å². The topological polar surface area (TPSA) is 78.5 Å². The number of ether oxygens (including phenoxy) is 2. The second-order valence-corrected chi connectivity index (χ2v) is 9.84. The van der Waals surface area contributed by atoms with Crippen LogP contribution in [0.5, 0.6) is 11.5 Å². The van der Waals surface area contributed by atoms with E-state index in [1.807, 2.05) is 0 Å². The van der Waals surface area contributed by atoms with Gasteiger partial charge in [0.2, 0.25) is 0 Å². The Labute approximate surface area is 230 Å². The number of aromatic nitrogens is 2. The van der Waals surface area contributed by atoms with E-state index < -0.39 is 53.9 Å². The maximum Gasteiger partial charge on any atom is 0.387 e. The SMILES string of the molecule is [O-][n+]1ccc(CC(c2ccc(OC(F)F)c(OC(F)F)c2)c2ccc(C(O)(F)C(F)(F)C3CCCCC3)cn2)cc1. The second-order valence-electron chi connectivity index (χ2n) is 9.84. The Balaban J connectivity index is 1.71. The van der Waals surface area contributed by atoms with E-state index in [2.05, 4.69) is 14.5 Å². The van der Waals surface area contributed by atoms with Crippen LogP contribution < -0.4 is 14.2 Å². The summed E-state index contributed by atoms with van der Waals surface area (Å²) >= 11 is 0. The van der Waals surface area contributed by atoms with Crippen molar-refractivity contribution in [2.45, 2.75) is 69.4 Å². The number of pyridine rings is 2. The summed E-state index contributed by atoms with van der Waals surface area (Å²) in [6.07, 6.45) is 5.18. The first-order valence-electron chi connectivity index (χ1n) is 12.8. The van der Waals surface area contributed by atoms with Crippen LogP contribution in [0.4, 0.5) is 30.7 Å². The monoisotopic (exact) mass is 588 g/mol. The third-order valence-electron chi connectivity index (χ3n) is 7.20. The predicted octanol–water partition coefficient (Wildman–Crippen LogP) is 6.62. The normalized spacial score (nSPS) is 16.9. The number of aliphatic hydroxyl groups is 1. The molecule has 1 aliphatic rings. The number of alkyl halides is 7. The fourth-order valence-electron chi connectivity index (χ4n) is 5.07. The summed E-state index contributed by atoms with van der Waals surface area (Å²) in [4.78, 5) is 4.11. The molecule has 41 heavy (non-hydrogen) atoms. The molecular formula is C28H27F7N2O4. The standard InChI is InChI=1S/C28H27F7N2O4/c29-25(30)40-23-9-6-18(15-24(23)41-26(31)32)21(14-17-10-12-37(39)13-11-17)22-8-7-20(16-36-22)28(35,38)27(33,34)19-4-2-1-3-5-19/h6-13,15-16,19,21,25-26,38H,1-5,14H2. The molecule has 2 unspecified atom stereocenters. The second kappa shape index (κ2) is 12.5. The Hall–Kier alpha value is -3.61. The number of rotatable bonds is 11. The molecule has 0 amide bonds. The molecule has 0 spiro atoms. The van der Waals surface area contributed by atoms with E-state index >= 15 is 13.2 Å². The van der Waals surface area contributed by atoms with Crippen molar-refractivity contribution >= 4 is 0 Å². The van der Waals surface area contributed by atoms with Crippen molar-refractivity contribution in [3.05, 3.63) is 88.6 Å². The van der Waals surface area contributed by atoms with E-state index in [1.54, 1.807) is 0 Å². The van der Waals surface area contributed by atoms with Crippen molar-refractivity contribution in [1.29, 1.82) is 0 Å². The molecule has 0 saturated heterocycles. The third-order valence-corrected chi connectivity index (χ3v) is 7.20. The minimum atomic E-state index is -4.07. The van der Waals surface area contributed by atoms with Crippen LogP contribution in [0.1, 0.15) is 60.4 Å². The van der Waals surface area contributed by atoms with Crippen LogP contribution in [0, 0.1) is 11.1 Å². The molecule has 0 aliphatic heterocycles. The number of hydrogen-bond donors (Lipinski definition) is 1. The Kier molecular flexibility index (Phi) is 9.25. The molecule has 4 rings (SSSR count). The Morgan fingerprint density at radius 3 is 2.12 bits per heavy atom. The molecule has 2 aromatic heterocycles. The van der Waals surface area contributed by atoms with E-state index in [0.717, 1.165) is 30.8 Å². The molecule has 13 heteroatoms. The molecule has 1 saturated carbocycles. The van der Waals surface area contributed by atoms with Gasteiger partial charge >= 0.3 is 19.1 Å². The van der Waals surface area contributed by atoms with Crippen molar-refractivity contribution in [2.75, 3.05) is 0 Å². The number of nitrogens with zero attached hydrogens (tertiary/aromatic N) is 2. The molecule has 1 aliphatic carbocycles. The summed E-state index contributed by atoms with van der Waals surface area (Å²) in [5.41, 5.74) is 0.187. The van der Waals surface area contributed by atoms with Gasteiger partial charge in [-0.15, -0.1) is 0 Å². The van der Waals surface area contributed by atoms with Gasteiger partial charge in [-0.3, -0.25) is 4.98 Å². The molecule has 1 N–H and O–H groups in total. The van der Waals surface area contributed by atoms with Gasteiger partial charge < -0.3 is 19.8 Å². The van der Waals surface area contributed by atoms with Gasteiger partial charge in [0.05, 0.1) is 0 Å². The van der Waals surface area contributed by atoms with E-state index in [4.69, 9.17) is 0 Å². The maximum atomic E-state index is 15.3. The van der Waals surface area contributed by atoms with Gasteiger partial charge in [0.25, 0.3) is 5.85 Å². The van der Waals surface area contributed by atoms with Gasteiger partial charge in [0, 0.05) is 41.4 Å². The fraction of sp³-hybridized carbons (Fsp3) is 0.429. The number of hydrogen-bond acceptors (Lipinski definition) is 5. The average Bonchev–Trinajstić information content (AvgIpc) is 2.93. The quantitative estimate of drug-likeness (QED) is 0.155. The van der Waals surface area contributed by atoms with Crippen molar-refractivity contribution in [3.63, 3.8) is 0 Å². The Morgan fingerprint density at radius 2 is 1.54 bits per heavy atom. The van der Waals surface area contributed by atoms with Crippen LogP contribution >= 0.6 is 0 Å². The van der Waals surface area contributed by atoms with Gasteiger partial charge in [0.1, 0.15) is 0 Å². The molecule has 1 fully saturated rings. The van der Waals surface area contributed by atoms with Crippen molar-refractivity contribution in [1.82, 2.24) is 4.98 Å². The number of benzene rings is 1. The average molecular weight is 589 g/mol. The summed E-state index contributed by atoms with van der Waals surface area (Å²) in [5, 5.41) is 21.8. The zero-order valence-corrected chi connectivity index (χ0v) is 21.5. The van der Waals surface area contributed by atoms with Gasteiger partial charge in [-0.1, -0.05) is 25.3 Å². The minimum absolute atomic E-state index is 0.0710. The molecule has 222 valence electrons. The first kappa shape index (κ1) is 30.4. The molecule has 0 radical (unpaired) electrons. The van der Waals surface area contributed by atoms with E-state index in [9.17, 15) is 27.9 Å². The summed E-state index contributed by atoms with van der Waals surface area (Å²) in [5.74, 6) is -11.6. The van der Waals surface area contributed by atoms with Crippen molar-refractivity contribution in [2.24, 2.45) is 5.92 Å². The van der Waals surface area contributed by atoms with Crippen molar-refractivity contribution < 1.29 is 50.0 Å². The Morgan fingerprint density at radius 1 is 0.902 bits per heavy atom. The van der Waals surface area contributed by atoms with E-state index in [1.165, 1.54) is 36.7 Å². The minimum Gasteiger partial charge on any atom is -0.619 e. The smallest absolute Gasteiger partial charge is 0.387 e. The van der Waals surface area contributed by atoms with Gasteiger partial charge in [-0.25, -0.2) is 0 Å². The lowest BCUT2D eigenvalue weighted by molar-refractivity contribution is -0.605. The summed E-state index contributed by atoms with van der Waals surface area (Å²) in [6.45, 7) is -6.68. The summed E-state index contributed by atoms with van der Waals surface area (Å²) in [7, 11) is 0. The maximum absolute atomic E-state index is 15.3. The first-order valence-corrected chi connectivity index (χ1v) is 12.8. The predicted molar refractivity (Wildman–Crippen MR) is 131 cm³/mol. The highest BCUT2D eigenvalue weighted by Crippen LogP contribution is 2.48. The highest BCUT2D eigenvalue weighted by Gasteiger charge is 2.59. The van der Waals surface area contributed by atoms with E-state index in [0.29, 0.717) is 23.1 Å². The van der Waals surface area contributed by atoms with E-state index in [-0.39, 0.29) is 30.5 Å². The third kappa shape index (κ3) is 7.00. The molecule has 3 aromatic rings. The first-order chi connectivity index (χ1) is 19.4. The lowest BCUT2D eigenvalue weighted by Gasteiger charge is -2.36. The molecular weight excluding hydrogens is 561 g/mol. The largest absolute Gasteiger partial charge is 0.619 e. The molecule has 1 aromatic carbocycles. The molecule has 2 heterocycles. The number of halogens is 7. The zero-order chi connectivity index (χ0) is 29.8. The van der Waals surface area contributed by atoms with Gasteiger partial charge in [0.15, 0.2) is 23.9 Å². The molecule has 6 nitrogen and oxygen atoms in total. The van der Waals surface area contributed by atoms with Crippen LogP contribution in [0.3, 0.4) is 0 Å². The van der Waals surface area contributed by atoms with Crippen LogP contribution in [0.15, 0.2) is 61.1 Å². The van der Waals surface area contributed by atoms with Gasteiger partial charge in [-0.2, -0.15) is 35.5 Å². The summed E-state index contributed by atoms with van der Waals surface area (Å²) < 4.78 is 106. The summed E-state index contributed by atoms with van der Waals surface area (Å²) in [6, 6.07) is 8.47. The van der Waals surface area contributed by atoms with Crippen LogP contribution in [0.25, 0.3) is 0 Å². The van der Waals surface area contributed by atoms with Crippen molar-refractivity contribution in [3.8, 4) is 11.5 Å².